The van der Waals surface area contributed by atoms with Gasteiger partial charge in [-0.2, -0.15) is 0 Å². The van der Waals surface area contributed by atoms with Crippen LogP contribution in [0.4, 0.5) is 0 Å². The Balaban J connectivity index is 2.08. The molecule has 0 aliphatic heterocycles. The summed E-state index contributed by atoms with van der Waals surface area (Å²) >= 11 is 3.36. The lowest BCUT2D eigenvalue weighted by atomic mass is 10.3. The number of nitrogens with zero attached hydrogens (tertiary/aromatic N) is 3. The molecule has 3 rings (SSSR count). The van der Waals surface area contributed by atoms with Gasteiger partial charge in [0.05, 0.1) is 0 Å². The van der Waals surface area contributed by atoms with E-state index in [0.29, 0.717) is 5.69 Å². The highest BCUT2D eigenvalue weighted by Crippen LogP contribution is 2.11. The first-order valence-electron chi connectivity index (χ1n) is 5.67. The lowest BCUT2D eigenvalue weighted by molar-refractivity contribution is -0.718. The van der Waals surface area contributed by atoms with Crippen molar-refractivity contribution in [2.45, 2.75) is 0 Å². The lowest BCUT2D eigenvalue weighted by Gasteiger charge is -1.92. The topological polar surface area (TPSA) is 54.6 Å². The number of halogens is 1. The van der Waals surface area contributed by atoms with Gasteiger partial charge in [0.2, 0.25) is 0 Å². The summed E-state index contributed by atoms with van der Waals surface area (Å²) in [6, 6.07) is 16.8. The average molecular weight is 318 g/mol. The van der Waals surface area contributed by atoms with Crippen molar-refractivity contribution in [2.75, 3.05) is 0 Å². The van der Waals surface area contributed by atoms with Crippen molar-refractivity contribution in [3.63, 3.8) is 0 Å². The third-order valence-corrected chi connectivity index (χ3v) is 3.17. The van der Waals surface area contributed by atoms with Crippen LogP contribution in [0.5, 0.6) is 0 Å². The molecule has 0 bridgehead atoms. The number of para-hydroxylation sites is 1. The zero-order chi connectivity index (χ0) is 13.2. The Morgan fingerprint density at radius 2 is 1.74 bits per heavy atom. The molecule has 94 valence electrons. The van der Waals surface area contributed by atoms with Crippen LogP contribution in [0.3, 0.4) is 0 Å². The van der Waals surface area contributed by atoms with Gasteiger partial charge in [-0.25, -0.2) is 4.79 Å². The number of hydrogen-bond donors (Lipinski definition) is 1. The molecule has 5 nitrogen and oxygen atoms in total. The summed E-state index contributed by atoms with van der Waals surface area (Å²) < 4.78 is 2.27. The van der Waals surface area contributed by atoms with E-state index in [0.717, 1.165) is 10.2 Å². The third-order valence-electron chi connectivity index (χ3n) is 2.64. The second kappa shape index (κ2) is 4.81. The molecule has 0 amide bonds. The molecule has 0 aliphatic rings. The monoisotopic (exact) mass is 317 g/mol. The van der Waals surface area contributed by atoms with Crippen molar-refractivity contribution in [2.24, 2.45) is 0 Å². The third kappa shape index (κ3) is 2.34. The molecule has 1 heterocycles. The van der Waals surface area contributed by atoms with E-state index in [-0.39, 0.29) is 5.69 Å². The quantitative estimate of drug-likeness (QED) is 0.730. The second-order valence-corrected chi connectivity index (χ2v) is 4.86. The van der Waals surface area contributed by atoms with Crippen LogP contribution in [0.25, 0.3) is 11.4 Å². The van der Waals surface area contributed by atoms with Crippen LogP contribution < -0.4 is 10.5 Å². The van der Waals surface area contributed by atoms with Crippen LogP contribution in [0.1, 0.15) is 0 Å². The van der Waals surface area contributed by atoms with E-state index in [9.17, 15) is 4.79 Å². The fourth-order valence-corrected chi connectivity index (χ4v) is 1.99. The van der Waals surface area contributed by atoms with E-state index in [1.54, 1.807) is 0 Å². The number of hydrogen-bond acceptors (Lipinski definition) is 2. The van der Waals surface area contributed by atoms with Crippen molar-refractivity contribution in [3.8, 4) is 11.4 Å². The zero-order valence-corrected chi connectivity index (χ0v) is 11.4. The number of nitrogens with one attached hydrogen (secondary N) is 1. The maximum absolute atomic E-state index is 11.9. The van der Waals surface area contributed by atoms with Gasteiger partial charge in [-0.05, 0) is 45.9 Å². The Morgan fingerprint density at radius 1 is 1.05 bits per heavy atom. The smallest absolute Gasteiger partial charge is 0.214 e. The zero-order valence-electron chi connectivity index (χ0n) is 9.82. The van der Waals surface area contributed by atoms with Gasteiger partial charge in [-0.15, -0.1) is 5.10 Å². The molecule has 0 spiro atoms. The van der Waals surface area contributed by atoms with E-state index in [1.165, 1.54) is 9.48 Å². The largest absolute Gasteiger partial charge is 0.471 e. The van der Waals surface area contributed by atoms with Crippen molar-refractivity contribution in [1.29, 1.82) is 0 Å². The van der Waals surface area contributed by atoms with Crippen LogP contribution in [0.2, 0.25) is 0 Å². The van der Waals surface area contributed by atoms with Crippen LogP contribution in [0, 0.1) is 0 Å². The second-order valence-electron chi connectivity index (χ2n) is 3.94. The van der Waals surface area contributed by atoms with E-state index in [1.807, 2.05) is 54.6 Å². The lowest BCUT2D eigenvalue weighted by Crippen LogP contribution is -2.37. The van der Waals surface area contributed by atoms with Crippen LogP contribution >= 0.6 is 15.9 Å². The van der Waals surface area contributed by atoms with Gasteiger partial charge in [0.15, 0.2) is 11.4 Å². The highest BCUT2D eigenvalue weighted by molar-refractivity contribution is 9.10. The Labute approximate surface area is 117 Å². The summed E-state index contributed by atoms with van der Waals surface area (Å²) in [7, 11) is 0. The Morgan fingerprint density at radius 3 is 2.42 bits per heavy atom. The highest BCUT2D eigenvalue weighted by atomic mass is 79.9. The van der Waals surface area contributed by atoms with Crippen LogP contribution in [-0.4, -0.2) is 15.0 Å². The Hall–Kier alpha value is -2.21. The van der Waals surface area contributed by atoms with Gasteiger partial charge in [-0.1, -0.05) is 34.1 Å². The molecule has 0 fully saturated rings. The summed E-state index contributed by atoms with van der Waals surface area (Å²) in [5, 5.41) is 6.91. The number of H-pyrrole nitrogens is 1. The van der Waals surface area contributed by atoms with Gasteiger partial charge in [-0.3, -0.25) is 0 Å². The van der Waals surface area contributed by atoms with Crippen LogP contribution in [0.15, 0.2) is 63.9 Å². The minimum Gasteiger partial charge on any atom is -0.214 e. The normalized spacial score (nSPS) is 10.6. The molecule has 0 radical (unpaired) electrons. The molecule has 0 atom stereocenters. The maximum Gasteiger partial charge on any atom is 0.471 e. The molecule has 3 aromatic rings. The predicted molar refractivity (Wildman–Crippen MR) is 73.4 cm³/mol. The maximum atomic E-state index is 11.9. The van der Waals surface area contributed by atoms with E-state index in [2.05, 4.69) is 26.2 Å². The molecule has 19 heavy (non-hydrogen) atoms. The molecular weight excluding hydrogens is 308 g/mol. The first-order valence-corrected chi connectivity index (χ1v) is 6.46. The standard InChI is InChI=1S/C13H9BrN4O/c14-10-6-8-11(9-7-10)17-13(19)15-18(16-17)12-4-2-1-3-5-12/h1-9H/p+1. The van der Waals surface area contributed by atoms with E-state index >= 15 is 0 Å². The fraction of sp³-hybridized carbons (Fsp3) is 0. The number of aromatic nitrogens is 4. The van der Waals surface area contributed by atoms with Gasteiger partial charge >= 0.3 is 5.69 Å². The molecular formula is C13H10BrN4O+. The molecule has 2 aromatic carbocycles. The summed E-state index contributed by atoms with van der Waals surface area (Å²) in [5.74, 6) is 0. The SMILES string of the molecule is O=c1[nH][n+](-c2ccccc2)nn1-c1ccc(Br)cc1. The molecule has 1 N–H and O–H groups in total. The molecule has 6 heteroatoms. The minimum absolute atomic E-state index is 0.286. The van der Waals surface area contributed by atoms with Gasteiger partial charge in [0.25, 0.3) is 0 Å². The van der Waals surface area contributed by atoms with Crippen molar-refractivity contribution in [1.82, 2.24) is 15.0 Å². The Bertz CT molecular complexity index is 746. The first-order chi connectivity index (χ1) is 9.24. The highest BCUT2D eigenvalue weighted by Gasteiger charge is 2.16. The van der Waals surface area contributed by atoms with Crippen molar-refractivity contribution in [3.05, 3.63) is 69.6 Å². The average Bonchev–Trinajstić information content (AvgIpc) is 2.83. The molecule has 0 aliphatic carbocycles. The van der Waals surface area contributed by atoms with E-state index < -0.39 is 0 Å². The number of aromatic amines is 1. The summed E-state index contributed by atoms with van der Waals surface area (Å²) in [5.41, 5.74) is 1.22. The fourth-order valence-electron chi connectivity index (χ4n) is 1.73. The van der Waals surface area contributed by atoms with Crippen LogP contribution in [-0.2, 0) is 0 Å². The summed E-state index contributed by atoms with van der Waals surface area (Å²) in [6.07, 6.45) is 0. The summed E-state index contributed by atoms with van der Waals surface area (Å²) in [6.45, 7) is 0. The molecule has 0 saturated heterocycles. The van der Waals surface area contributed by atoms with Gasteiger partial charge in [0.1, 0.15) is 5.21 Å². The van der Waals surface area contributed by atoms with Gasteiger partial charge < -0.3 is 0 Å². The number of benzene rings is 2. The Kier molecular flexibility index (Phi) is 3.00. The minimum atomic E-state index is -0.286. The predicted octanol–water partition coefficient (Wildman–Crippen LogP) is 1.60. The summed E-state index contributed by atoms with van der Waals surface area (Å²) in [4.78, 5) is 13.4. The molecule has 0 unspecified atom stereocenters. The molecule has 1 aromatic heterocycles. The van der Waals surface area contributed by atoms with Crippen molar-refractivity contribution >= 4 is 15.9 Å². The first kappa shape index (κ1) is 11.9. The molecule has 0 saturated carbocycles. The van der Waals surface area contributed by atoms with E-state index in [4.69, 9.17) is 0 Å². The van der Waals surface area contributed by atoms with Crippen molar-refractivity contribution < 1.29 is 4.80 Å². The van der Waals surface area contributed by atoms with Gasteiger partial charge in [0, 0.05) is 4.47 Å². The number of rotatable bonds is 2. The number of tetrazole rings is 1.